The zero-order chi connectivity index (χ0) is 17.6. The third-order valence-electron chi connectivity index (χ3n) is 3.37. The van der Waals surface area contributed by atoms with Gasteiger partial charge in [0.2, 0.25) is 0 Å². The van der Waals surface area contributed by atoms with Crippen LogP contribution < -0.4 is 4.74 Å². The first kappa shape index (κ1) is 16.8. The molecule has 0 unspecified atom stereocenters. The predicted octanol–water partition coefficient (Wildman–Crippen LogP) is 5.00. The number of ether oxygens (including phenoxy) is 1. The van der Waals surface area contributed by atoms with Crippen molar-refractivity contribution in [2.45, 2.75) is 0 Å². The highest BCUT2D eigenvalue weighted by atomic mass is 32.1. The van der Waals surface area contributed by atoms with Crippen molar-refractivity contribution in [1.29, 1.82) is 0 Å². The highest BCUT2D eigenvalue weighted by molar-refractivity contribution is 7.10. The monoisotopic (exact) mass is 352 g/mol. The average molecular weight is 352 g/mol. The summed E-state index contributed by atoms with van der Waals surface area (Å²) in [6.07, 6.45) is 3.26. The van der Waals surface area contributed by atoms with Crippen molar-refractivity contribution in [2.24, 2.45) is 0 Å². The number of rotatable bonds is 5. The fourth-order valence-electron chi connectivity index (χ4n) is 2.08. The molecule has 2 aromatic carbocycles. The van der Waals surface area contributed by atoms with Gasteiger partial charge in [-0.15, -0.1) is 11.3 Å². The molecule has 0 fully saturated rings. The van der Waals surface area contributed by atoms with Gasteiger partial charge in [0.25, 0.3) is 0 Å². The quantitative estimate of drug-likeness (QED) is 0.281. The normalized spacial score (nSPS) is 10.8. The lowest BCUT2D eigenvalue weighted by molar-refractivity contribution is 0.0734. The lowest BCUT2D eigenvalue weighted by Crippen LogP contribution is -2.08. The molecule has 3 rings (SSSR count). The van der Waals surface area contributed by atoms with Crippen LogP contribution in [-0.4, -0.2) is 11.8 Å². The molecule has 5 heteroatoms. The summed E-state index contributed by atoms with van der Waals surface area (Å²) >= 11 is 1.55. The molecule has 0 spiro atoms. The van der Waals surface area contributed by atoms with Gasteiger partial charge >= 0.3 is 5.97 Å². The maximum Gasteiger partial charge on any atom is 0.343 e. The third-order valence-corrected chi connectivity index (χ3v) is 4.21. The maximum atomic E-state index is 12.9. The molecule has 0 aliphatic carbocycles. The molecule has 0 radical (unpaired) electrons. The Balaban J connectivity index is 1.64. The summed E-state index contributed by atoms with van der Waals surface area (Å²) in [4.78, 5) is 25.1. The SMILES string of the molecule is O=C(/C=C/c1cccs1)c1ccc(OC(=O)c2ccc(F)cc2)cc1. The van der Waals surface area contributed by atoms with E-state index >= 15 is 0 Å². The zero-order valence-corrected chi connectivity index (χ0v) is 13.8. The molecule has 0 N–H and O–H groups in total. The summed E-state index contributed by atoms with van der Waals surface area (Å²) in [5, 5.41) is 1.94. The summed E-state index contributed by atoms with van der Waals surface area (Å²) in [6.45, 7) is 0. The fraction of sp³-hybridized carbons (Fsp3) is 0. The Kier molecular flexibility index (Phi) is 5.16. The number of halogens is 1. The number of hydrogen-bond acceptors (Lipinski definition) is 4. The molecular weight excluding hydrogens is 339 g/mol. The summed E-state index contributed by atoms with van der Waals surface area (Å²) < 4.78 is 18.1. The molecule has 1 aromatic heterocycles. The van der Waals surface area contributed by atoms with Crippen molar-refractivity contribution in [2.75, 3.05) is 0 Å². The van der Waals surface area contributed by atoms with Gasteiger partial charge in [-0.3, -0.25) is 4.79 Å². The topological polar surface area (TPSA) is 43.4 Å². The number of esters is 1. The molecule has 3 nitrogen and oxygen atoms in total. The van der Waals surface area contributed by atoms with Gasteiger partial charge in [-0.1, -0.05) is 6.07 Å². The number of allylic oxidation sites excluding steroid dienone is 1. The highest BCUT2D eigenvalue weighted by Crippen LogP contribution is 2.16. The van der Waals surface area contributed by atoms with Crippen molar-refractivity contribution in [3.63, 3.8) is 0 Å². The second-order valence-corrected chi connectivity index (χ2v) is 6.11. The minimum absolute atomic E-state index is 0.134. The standard InChI is InChI=1S/C20H13FO3S/c21-16-7-3-15(4-8-16)20(23)24-17-9-5-14(6-10-17)19(22)12-11-18-2-1-13-25-18/h1-13H/b12-11+. The van der Waals surface area contributed by atoms with Crippen LogP contribution in [0.15, 0.2) is 72.1 Å². The highest BCUT2D eigenvalue weighted by Gasteiger charge is 2.09. The number of thiophene rings is 1. The molecule has 124 valence electrons. The van der Waals surface area contributed by atoms with Crippen LogP contribution in [0, 0.1) is 5.82 Å². The summed E-state index contributed by atoms with van der Waals surface area (Å²) in [7, 11) is 0. The molecule has 3 aromatic rings. The van der Waals surface area contributed by atoms with Crippen LogP contribution in [-0.2, 0) is 0 Å². The van der Waals surface area contributed by atoms with Gasteiger partial charge in [0.15, 0.2) is 5.78 Å². The number of hydrogen-bond donors (Lipinski definition) is 0. The number of carbonyl (C=O) groups excluding carboxylic acids is 2. The molecule has 0 saturated heterocycles. The van der Waals surface area contributed by atoms with Crippen molar-refractivity contribution >= 4 is 29.2 Å². The smallest absolute Gasteiger partial charge is 0.343 e. The van der Waals surface area contributed by atoms with Crippen molar-refractivity contribution in [3.8, 4) is 5.75 Å². The van der Waals surface area contributed by atoms with Crippen molar-refractivity contribution in [3.05, 3.63) is 93.9 Å². The zero-order valence-electron chi connectivity index (χ0n) is 13.0. The van der Waals surface area contributed by atoms with Gasteiger partial charge in [0.1, 0.15) is 11.6 Å². The number of benzene rings is 2. The summed E-state index contributed by atoms with van der Waals surface area (Å²) in [5.74, 6) is -0.829. The number of ketones is 1. The van der Waals surface area contributed by atoms with Crippen molar-refractivity contribution in [1.82, 2.24) is 0 Å². The minimum atomic E-state index is -0.586. The molecule has 0 amide bonds. The van der Waals surface area contributed by atoms with Crippen LogP contribution in [0.2, 0.25) is 0 Å². The van der Waals surface area contributed by atoms with Crippen LogP contribution in [0.4, 0.5) is 4.39 Å². The third kappa shape index (κ3) is 4.49. The Morgan fingerprint density at radius 3 is 2.24 bits per heavy atom. The van der Waals surface area contributed by atoms with Crippen LogP contribution in [0.5, 0.6) is 5.75 Å². The van der Waals surface area contributed by atoms with E-state index in [1.807, 2.05) is 17.5 Å². The van der Waals surface area contributed by atoms with Gasteiger partial charge in [-0.05, 0) is 72.1 Å². The lowest BCUT2D eigenvalue weighted by atomic mass is 10.1. The number of carbonyl (C=O) groups is 2. The molecule has 0 saturated carbocycles. The van der Waals surface area contributed by atoms with Gasteiger partial charge in [0.05, 0.1) is 5.56 Å². The lowest BCUT2D eigenvalue weighted by Gasteiger charge is -2.05. The Morgan fingerprint density at radius 1 is 0.920 bits per heavy atom. The second-order valence-electron chi connectivity index (χ2n) is 5.13. The fourth-order valence-corrected chi connectivity index (χ4v) is 2.70. The van der Waals surface area contributed by atoms with Crippen LogP contribution in [0.3, 0.4) is 0 Å². The van der Waals surface area contributed by atoms with E-state index in [0.29, 0.717) is 11.3 Å². The van der Waals surface area contributed by atoms with Crippen LogP contribution in [0.1, 0.15) is 25.6 Å². The van der Waals surface area contributed by atoms with E-state index in [4.69, 9.17) is 4.74 Å². The van der Waals surface area contributed by atoms with Crippen LogP contribution in [0.25, 0.3) is 6.08 Å². The Hall–Kier alpha value is -3.05. The Bertz CT molecular complexity index is 895. The van der Waals surface area contributed by atoms with Crippen LogP contribution >= 0.6 is 11.3 Å². The van der Waals surface area contributed by atoms with Gasteiger partial charge in [-0.2, -0.15) is 0 Å². The Morgan fingerprint density at radius 2 is 1.60 bits per heavy atom. The molecule has 0 aliphatic heterocycles. The van der Waals surface area contributed by atoms with E-state index in [-0.39, 0.29) is 11.3 Å². The van der Waals surface area contributed by atoms with E-state index in [1.54, 1.807) is 41.7 Å². The molecule has 0 aliphatic rings. The van der Waals surface area contributed by atoms with E-state index < -0.39 is 11.8 Å². The van der Waals surface area contributed by atoms with E-state index in [2.05, 4.69) is 0 Å². The maximum absolute atomic E-state index is 12.9. The molecule has 0 atom stereocenters. The van der Waals surface area contributed by atoms with E-state index in [0.717, 1.165) is 4.88 Å². The van der Waals surface area contributed by atoms with Gasteiger partial charge < -0.3 is 4.74 Å². The largest absolute Gasteiger partial charge is 0.423 e. The first-order valence-corrected chi connectivity index (χ1v) is 8.33. The average Bonchev–Trinajstić information content (AvgIpc) is 3.14. The van der Waals surface area contributed by atoms with E-state index in [1.165, 1.54) is 30.3 Å². The first-order valence-electron chi connectivity index (χ1n) is 7.45. The van der Waals surface area contributed by atoms with Crippen molar-refractivity contribution < 1.29 is 18.7 Å². The minimum Gasteiger partial charge on any atom is -0.423 e. The summed E-state index contributed by atoms with van der Waals surface area (Å²) in [5.41, 5.74) is 0.745. The summed E-state index contributed by atoms with van der Waals surface area (Å²) in [6, 6.07) is 15.2. The molecule has 25 heavy (non-hydrogen) atoms. The Labute approximate surface area is 148 Å². The van der Waals surface area contributed by atoms with E-state index in [9.17, 15) is 14.0 Å². The second kappa shape index (κ2) is 7.68. The molecule has 0 bridgehead atoms. The predicted molar refractivity (Wildman–Crippen MR) is 95.5 cm³/mol. The van der Waals surface area contributed by atoms with Gasteiger partial charge in [-0.25, -0.2) is 9.18 Å². The first-order chi connectivity index (χ1) is 12.1. The van der Waals surface area contributed by atoms with Gasteiger partial charge in [0, 0.05) is 10.4 Å². The molecular formula is C20H13FO3S. The molecule has 1 heterocycles.